The monoisotopic (exact) mass is 439 g/mol. The Hall–Kier alpha value is -2.28. The summed E-state index contributed by atoms with van der Waals surface area (Å²) in [6, 6.07) is 12.3. The van der Waals surface area contributed by atoms with Crippen molar-refractivity contribution < 1.29 is 22.7 Å². The van der Waals surface area contributed by atoms with Crippen LogP contribution < -0.4 is 5.73 Å². The number of ketones is 1. The molecule has 1 aliphatic heterocycles. The van der Waals surface area contributed by atoms with Crippen LogP contribution in [0.25, 0.3) is 5.57 Å². The number of carbonyl (C=O) groups excluding carboxylic acids is 1. The fourth-order valence-electron chi connectivity index (χ4n) is 3.05. The zero-order valence-electron chi connectivity index (χ0n) is 14.2. The maximum atomic E-state index is 12.9. The second kappa shape index (κ2) is 7.76. The number of alkyl halides is 3. The maximum absolute atomic E-state index is 12.9. The van der Waals surface area contributed by atoms with Gasteiger partial charge in [0.05, 0.1) is 11.1 Å². The molecule has 2 aromatic rings. The topological polar surface area (TPSA) is 52.3 Å². The van der Waals surface area contributed by atoms with E-state index in [0.717, 1.165) is 28.6 Å². The van der Waals surface area contributed by atoms with Gasteiger partial charge in [-0.15, -0.1) is 0 Å². The minimum absolute atomic E-state index is 0.0204. The van der Waals surface area contributed by atoms with Gasteiger partial charge in [-0.3, -0.25) is 4.79 Å². The predicted molar refractivity (Wildman–Crippen MR) is 99.5 cm³/mol. The normalized spacial score (nSPS) is 17.3. The lowest BCUT2D eigenvalue weighted by Gasteiger charge is -2.11. The van der Waals surface area contributed by atoms with Crippen molar-refractivity contribution in [3.05, 3.63) is 75.6 Å². The van der Waals surface area contributed by atoms with Crippen LogP contribution >= 0.6 is 15.9 Å². The number of aryl methyl sites for hydroxylation is 1. The Balaban J connectivity index is 1.69. The van der Waals surface area contributed by atoms with Crippen molar-refractivity contribution in [1.29, 1.82) is 0 Å². The van der Waals surface area contributed by atoms with E-state index in [1.54, 1.807) is 0 Å². The molecule has 0 radical (unpaired) electrons. The van der Waals surface area contributed by atoms with Crippen LogP contribution in [-0.4, -0.2) is 11.9 Å². The van der Waals surface area contributed by atoms with Crippen LogP contribution in [0.3, 0.4) is 0 Å². The van der Waals surface area contributed by atoms with Gasteiger partial charge in [0, 0.05) is 4.47 Å². The molecule has 3 rings (SSSR count). The molecule has 1 aliphatic rings. The van der Waals surface area contributed by atoms with E-state index in [4.69, 9.17) is 10.5 Å². The first-order valence-electron chi connectivity index (χ1n) is 8.39. The number of carbonyl (C=O) groups is 1. The van der Waals surface area contributed by atoms with E-state index in [9.17, 15) is 18.0 Å². The molecule has 1 heterocycles. The van der Waals surface area contributed by atoms with Crippen LogP contribution in [0, 0.1) is 0 Å². The molecular weight excluding hydrogens is 423 g/mol. The third-order valence-electron chi connectivity index (χ3n) is 4.40. The van der Waals surface area contributed by atoms with E-state index in [1.807, 2.05) is 24.3 Å². The first-order valence-corrected chi connectivity index (χ1v) is 9.18. The predicted octanol–water partition coefficient (Wildman–Crippen LogP) is 5.09. The lowest BCUT2D eigenvalue weighted by Crippen LogP contribution is -2.18. The third kappa shape index (κ3) is 4.35. The minimum Gasteiger partial charge on any atom is -0.467 e. The van der Waals surface area contributed by atoms with Crippen molar-refractivity contribution in [2.24, 2.45) is 5.73 Å². The van der Waals surface area contributed by atoms with Crippen molar-refractivity contribution in [1.82, 2.24) is 0 Å². The molecule has 0 fully saturated rings. The highest BCUT2D eigenvalue weighted by atomic mass is 79.9. The number of nitrogens with two attached hydrogens (primary N) is 1. The smallest absolute Gasteiger partial charge is 0.416 e. The summed E-state index contributed by atoms with van der Waals surface area (Å²) in [5.41, 5.74) is 6.24. The standard InChI is InChI=1S/C20H17BrF3NO2/c21-15-9-2-1-5-12(15)6-4-10-16-18(26)17(19(25)27-16)13-7-3-8-14(11-13)20(22,23)24/h1-3,5,7-9,11,16H,4,6,10,25H2. The van der Waals surface area contributed by atoms with Crippen molar-refractivity contribution in [3.8, 4) is 0 Å². The molecule has 7 heteroatoms. The summed E-state index contributed by atoms with van der Waals surface area (Å²) in [6.07, 6.45) is -3.40. The van der Waals surface area contributed by atoms with Gasteiger partial charge < -0.3 is 10.5 Å². The summed E-state index contributed by atoms with van der Waals surface area (Å²) in [4.78, 5) is 12.6. The molecular formula is C20H17BrF3NO2. The molecule has 0 amide bonds. The molecule has 142 valence electrons. The van der Waals surface area contributed by atoms with Crippen molar-refractivity contribution in [2.75, 3.05) is 0 Å². The van der Waals surface area contributed by atoms with E-state index in [0.29, 0.717) is 12.8 Å². The Morgan fingerprint density at radius 2 is 1.85 bits per heavy atom. The van der Waals surface area contributed by atoms with E-state index in [2.05, 4.69) is 15.9 Å². The quantitative estimate of drug-likeness (QED) is 0.705. The van der Waals surface area contributed by atoms with Gasteiger partial charge >= 0.3 is 6.18 Å². The SMILES string of the molecule is NC1=C(c2cccc(C(F)(F)F)c2)C(=O)C(CCCc2ccccc2Br)O1. The van der Waals surface area contributed by atoms with E-state index < -0.39 is 17.8 Å². The number of benzene rings is 2. The van der Waals surface area contributed by atoms with E-state index >= 15 is 0 Å². The summed E-state index contributed by atoms with van der Waals surface area (Å²) in [5.74, 6) is -0.496. The van der Waals surface area contributed by atoms with E-state index in [1.165, 1.54) is 12.1 Å². The van der Waals surface area contributed by atoms with Crippen LogP contribution in [0.5, 0.6) is 0 Å². The van der Waals surface area contributed by atoms with Crippen LogP contribution in [-0.2, 0) is 22.1 Å². The number of Topliss-reactive ketones (excluding diaryl/α,β-unsaturated/α-hetero) is 1. The van der Waals surface area contributed by atoms with Crippen molar-refractivity contribution >= 4 is 27.3 Å². The van der Waals surface area contributed by atoms with Crippen LogP contribution in [0.1, 0.15) is 29.5 Å². The van der Waals surface area contributed by atoms with Gasteiger partial charge in [-0.25, -0.2) is 0 Å². The molecule has 2 aromatic carbocycles. The van der Waals surface area contributed by atoms with Crippen LogP contribution in [0.15, 0.2) is 58.9 Å². The highest BCUT2D eigenvalue weighted by molar-refractivity contribution is 9.10. The first-order chi connectivity index (χ1) is 12.8. The number of hydrogen-bond donors (Lipinski definition) is 1. The van der Waals surface area contributed by atoms with Gasteiger partial charge in [0.1, 0.15) is 0 Å². The van der Waals surface area contributed by atoms with Gasteiger partial charge in [0.15, 0.2) is 12.0 Å². The lowest BCUT2D eigenvalue weighted by molar-refractivity contribution is -0.137. The highest BCUT2D eigenvalue weighted by Gasteiger charge is 2.36. The van der Waals surface area contributed by atoms with Gasteiger partial charge in [0.25, 0.3) is 0 Å². The summed E-state index contributed by atoms with van der Waals surface area (Å²) in [5, 5.41) is 0. The third-order valence-corrected chi connectivity index (χ3v) is 5.18. The summed E-state index contributed by atoms with van der Waals surface area (Å²) >= 11 is 3.48. The minimum atomic E-state index is -4.49. The average Bonchev–Trinajstić information content (AvgIpc) is 2.90. The molecule has 2 N–H and O–H groups in total. The van der Waals surface area contributed by atoms with Crippen LogP contribution in [0.4, 0.5) is 13.2 Å². The van der Waals surface area contributed by atoms with Crippen molar-refractivity contribution in [3.63, 3.8) is 0 Å². The molecule has 3 nitrogen and oxygen atoms in total. The van der Waals surface area contributed by atoms with Gasteiger partial charge in [-0.1, -0.05) is 46.3 Å². The highest BCUT2D eigenvalue weighted by Crippen LogP contribution is 2.34. The molecule has 0 saturated carbocycles. The maximum Gasteiger partial charge on any atom is 0.416 e. The molecule has 0 saturated heterocycles. The number of ether oxygens (including phenoxy) is 1. The number of hydrogen-bond acceptors (Lipinski definition) is 3. The lowest BCUT2D eigenvalue weighted by atomic mass is 9.96. The second-order valence-corrected chi connectivity index (χ2v) is 7.13. The molecule has 1 unspecified atom stereocenters. The molecule has 27 heavy (non-hydrogen) atoms. The molecule has 1 atom stereocenters. The number of halogens is 4. The summed E-state index contributed by atoms with van der Waals surface area (Å²) in [7, 11) is 0. The van der Waals surface area contributed by atoms with Crippen molar-refractivity contribution in [2.45, 2.75) is 31.5 Å². The summed E-state index contributed by atoms with van der Waals surface area (Å²) in [6.45, 7) is 0. The zero-order valence-corrected chi connectivity index (χ0v) is 15.8. The Bertz CT molecular complexity index is 893. The Kier molecular flexibility index (Phi) is 5.60. The Labute approximate surface area is 163 Å². The first kappa shape index (κ1) is 19.5. The molecule has 0 aliphatic carbocycles. The molecule has 0 spiro atoms. The Morgan fingerprint density at radius 1 is 1.11 bits per heavy atom. The van der Waals surface area contributed by atoms with Gasteiger partial charge in [0.2, 0.25) is 5.78 Å². The summed E-state index contributed by atoms with van der Waals surface area (Å²) < 4.78 is 45.2. The largest absolute Gasteiger partial charge is 0.467 e. The van der Waals surface area contributed by atoms with Gasteiger partial charge in [-0.05, 0) is 48.6 Å². The molecule has 0 aromatic heterocycles. The van der Waals surface area contributed by atoms with Crippen LogP contribution in [0.2, 0.25) is 0 Å². The molecule has 0 bridgehead atoms. The number of rotatable bonds is 5. The second-order valence-electron chi connectivity index (χ2n) is 6.27. The average molecular weight is 440 g/mol. The van der Waals surface area contributed by atoms with Gasteiger partial charge in [-0.2, -0.15) is 13.2 Å². The fourth-order valence-corrected chi connectivity index (χ4v) is 3.54. The zero-order chi connectivity index (χ0) is 19.6. The fraction of sp³-hybridized carbons (Fsp3) is 0.250. The van der Waals surface area contributed by atoms with E-state index in [-0.39, 0.29) is 22.8 Å². The Morgan fingerprint density at radius 3 is 2.56 bits per heavy atom.